The van der Waals surface area contributed by atoms with Crippen LogP contribution in [0.5, 0.6) is 0 Å². The Hall–Kier alpha value is -2.29. The molecule has 3 heteroatoms. The fraction of sp³-hybridized carbons (Fsp3) is 0.235. The third-order valence-electron chi connectivity index (χ3n) is 3.24. The maximum Gasteiger partial charge on any atom is 0.254 e. The first-order valence-electron chi connectivity index (χ1n) is 6.78. The number of hydrogen-bond acceptors (Lipinski definition) is 2. The van der Waals surface area contributed by atoms with Gasteiger partial charge in [0.2, 0.25) is 0 Å². The van der Waals surface area contributed by atoms with Crippen LogP contribution in [0, 0.1) is 0 Å². The van der Waals surface area contributed by atoms with Gasteiger partial charge in [0.05, 0.1) is 0 Å². The van der Waals surface area contributed by atoms with E-state index in [0.29, 0.717) is 17.8 Å². The highest BCUT2D eigenvalue weighted by atomic mass is 16.2. The van der Waals surface area contributed by atoms with Crippen LogP contribution in [0.1, 0.15) is 29.8 Å². The van der Waals surface area contributed by atoms with Crippen molar-refractivity contribution in [1.82, 2.24) is 4.90 Å². The average molecular weight is 268 g/mol. The van der Waals surface area contributed by atoms with E-state index in [1.165, 1.54) is 0 Å². The zero-order valence-electron chi connectivity index (χ0n) is 11.9. The van der Waals surface area contributed by atoms with Gasteiger partial charge >= 0.3 is 0 Å². The van der Waals surface area contributed by atoms with E-state index in [9.17, 15) is 4.79 Å². The molecule has 0 bridgehead atoms. The highest BCUT2D eigenvalue weighted by Gasteiger charge is 2.18. The maximum atomic E-state index is 12.6. The number of benzene rings is 2. The molecule has 0 saturated carbocycles. The molecule has 0 aliphatic carbocycles. The van der Waals surface area contributed by atoms with Crippen LogP contribution in [-0.2, 0) is 6.54 Å². The Labute approximate surface area is 120 Å². The van der Waals surface area contributed by atoms with Gasteiger partial charge in [0.25, 0.3) is 5.91 Å². The molecule has 0 aromatic heterocycles. The van der Waals surface area contributed by atoms with E-state index in [0.717, 1.165) is 5.56 Å². The minimum atomic E-state index is 0.0313. The summed E-state index contributed by atoms with van der Waals surface area (Å²) in [5, 5.41) is 0. The number of carbonyl (C=O) groups is 1. The predicted molar refractivity (Wildman–Crippen MR) is 82.3 cm³/mol. The lowest BCUT2D eigenvalue weighted by Gasteiger charge is -2.27. The number of rotatable bonds is 4. The minimum Gasteiger partial charge on any atom is -0.399 e. The quantitative estimate of drug-likeness (QED) is 0.865. The van der Waals surface area contributed by atoms with E-state index in [1.54, 1.807) is 24.3 Å². The Balaban J connectivity index is 2.20. The summed E-state index contributed by atoms with van der Waals surface area (Å²) >= 11 is 0. The summed E-state index contributed by atoms with van der Waals surface area (Å²) in [5.74, 6) is 0.0313. The molecule has 0 radical (unpaired) electrons. The summed E-state index contributed by atoms with van der Waals surface area (Å²) < 4.78 is 0. The molecule has 0 heterocycles. The van der Waals surface area contributed by atoms with Gasteiger partial charge < -0.3 is 10.6 Å². The van der Waals surface area contributed by atoms with Crippen molar-refractivity contribution in [2.75, 3.05) is 5.73 Å². The zero-order valence-corrected chi connectivity index (χ0v) is 11.9. The van der Waals surface area contributed by atoms with E-state index in [2.05, 4.69) is 0 Å². The molecular weight excluding hydrogens is 248 g/mol. The smallest absolute Gasteiger partial charge is 0.254 e. The topological polar surface area (TPSA) is 46.3 Å². The number of carbonyl (C=O) groups excluding carboxylic acids is 1. The van der Waals surface area contributed by atoms with Gasteiger partial charge in [-0.2, -0.15) is 0 Å². The minimum absolute atomic E-state index is 0.0313. The van der Waals surface area contributed by atoms with Crippen LogP contribution in [0.3, 0.4) is 0 Å². The van der Waals surface area contributed by atoms with Gasteiger partial charge in [0.1, 0.15) is 0 Å². The molecule has 3 nitrogen and oxygen atoms in total. The fourth-order valence-corrected chi connectivity index (χ4v) is 2.06. The molecule has 0 aliphatic rings. The van der Waals surface area contributed by atoms with Gasteiger partial charge in [-0.15, -0.1) is 0 Å². The molecule has 2 N–H and O–H groups in total. The van der Waals surface area contributed by atoms with Gasteiger partial charge in [-0.3, -0.25) is 4.79 Å². The van der Waals surface area contributed by atoms with E-state index in [1.807, 2.05) is 49.1 Å². The Morgan fingerprint density at radius 1 is 1.05 bits per heavy atom. The number of anilines is 1. The second-order valence-electron chi connectivity index (χ2n) is 5.13. The lowest BCUT2D eigenvalue weighted by molar-refractivity contribution is 0.0690. The highest BCUT2D eigenvalue weighted by molar-refractivity contribution is 5.94. The van der Waals surface area contributed by atoms with Crippen LogP contribution in [0.25, 0.3) is 0 Å². The Morgan fingerprint density at radius 3 is 2.20 bits per heavy atom. The molecule has 0 aliphatic heterocycles. The first kappa shape index (κ1) is 14.1. The van der Waals surface area contributed by atoms with Crippen LogP contribution in [-0.4, -0.2) is 16.8 Å². The Morgan fingerprint density at radius 2 is 1.65 bits per heavy atom. The highest BCUT2D eigenvalue weighted by Crippen LogP contribution is 2.14. The van der Waals surface area contributed by atoms with E-state index in [4.69, 9.17) is 5.73 Å². The SMILES string of the molecule is CC(C)N(Cc1ccccc1)C(=O)c1ccc(N)cc1. The fourth-order valence-electron chi connectivity index (χ4n) is 2.06. The maximum absolute atomic E-state index is 12.6. The second kappa shape index (κ2) is 6.24. The summed E-state index contributed by atoms with van der Waals surface area (Å²) in [4.78, 5) is 14.4. The number of nitrogens with zero attached hydrogens (tertiary/aromatic N) is 1. The van der Waals surface area contributed by atoms with Crippen molar-refractivity contribution >= 4 is 11.6 Å². The average Bonchev–Trinajstić information content (AvgIpc) is 2.45. The van der Waals surface area contributed by atoms with Crippen molar-refractivity contribution in [3.05, 3.63) is 65.7 Å². The van der Waals surface area contributed by atoms with Crippen molar-refractivity contribution in [2.24, 2.45) is 0 Å². The monoisotopic (exact) mass is 268 g/mol. The predicted octanol–water partition coefficient (Wildman–Crippen LogP) is 3.32. The van der Waals surface area contributed by atoms with Crippen molar-refractivity contribution in [1.29, 1.82) is 0 Å². The summed E-state index contributed by atoms with van der Waals surface area (Å²) in [7, 11) is 0. The molecule has 104 valence electrons. The number of nitrogen functional groups attached to an aromatic ring is 1. The molecule has 0 spiro atoms. The van der Waals surface area contributed by atoms with Gasteiger partial charge in [-0.05, 0) is 43.7 Å². The Bertz CT molecular complexity index is 561. The lowest BCUT2D eigenvalue weighted by Crippen LogP contribution is -2.36. The molecule has 0 fully saturated rings. The normalized spacial score (nSPS) is 10.6. The number of hydrogen-bond donors (Lipinski definition) is 1. The van der Waals surface area contributed by atoms with E-state index < -0.39 is 0 Å². The first-order chi connectivity index (χ1) is 9.58. The summed E-state index contributed by atoms with van der Waals surface area (Å²) in [6.45, 7) is 4.66. The number of nitrogens with two attached hydrogens (primary N) is 1. The summed E-state index contributed by atoms with van der Waals surface area (Å²) in [6, 6.07) is 17.2. The standard InChI is InChI=1S/C17H20N2O/c1-13(2)19(12-14-6-4-3-5-7-14)17(20)15-8-10-16(18)11-9-15/h3-11,13H,12,18H2,1-2H3. The van der Waals surface area contributed by atoms with Crippen LogP contribution in [0.2, 0.25) is 0 Å². The van der Waals surface area contributed by atoms with Crippen molar-refractivity contribution in [3.8, 4) is 0 Å². The first-order valence-corrected chi connectivity index (χ1v) is 6.78. The molecule has 1 amide bonds. The summed E-state index contributed by atoms with van der Waals surface area (Å²) in [5.41, 5.74) is 8.13. The van der Waals surface area contributed by atoms with E-state index >= 15 is 0 Å². The van der Waals surface area contributed by atoms with Crippen molar-refractivity contribution < 1.29 is 4.79 Å². The van der Waals surface area contributed by atoms with Crippen molar-refractivity contribution in [3.63, 3.8) is 0 Å². The van der Waals surface area contributed by atoms with Crippen LogP contribution < -0.4 is 5.73 Å². The molecule has 0 unspecified atom stereocenters. The molecule has 0 atom stereocenters. The Kier molecular flexibility index (Phi) is 4.41. The van der Waals surface area contributed by atoms with Crippen molar-refractivity contribution in [2.45, 2.75) is 26.4 Å². The van der Waals surface area contributed by atoms with Gasteiger partial charge in [0.15, 0.2) is 0 Å². The van der Waals surface area contributed by atoms with Gasteiger partial charge in [-0.25, -0.2) is 0 Å². The summed E-state index contributed by atoms with van der Waals surface area (Å²) in [6.07, 6.45) is 0. The molecule has 20 heavy (non-hydrogen) atoms. The van der Waals surface area contributed by atoms with Crippen LogP contribution in [0.4, 0.5) is 5.69 Å². The lowest BCUT2D eigenvalue weighted by atomic mass is 10.1. The van der Waals surface area contributed by atoms with E-state index in [-0.39, 0.29) is 11.9 Å². The molecule has 2 aromatic rings. The largest absolute Gasteiger partial charge is 0.399 e. The molecular formula is C17H20N2O. The number of amides is 1. The van der Waals surface area contributed by atoms with Crippen LogP contribution >= 0.6 is 0 Å². The third-order valence-corrected chi connectivity index (χ3v) is 3.24. The molecule has 2 rings (SSSR count). The van der Waals surface area contributed by atoms with Crippen LogP contribution in [0.15, 0.2) is 54.6 Å². The second-order valence-corrected chi connectivity index (χ2v) is 5.13. The van der Waals surface area contributed by atoms with Gasteiger partial charge in [0, 0.05) is 23.8 Å². The van der Waals surface area contributed by atoms with Gasteiger partial charge in [-0.1, -0.05) is 30.3 Å². The third kappa shape index (κ3) is 3.38. The zero-order chi connectivity index (χ0) is 14.5. The molecule has 2 aromatic carbocycles. The molecule has 0 saturated heterocycles.